The van der Waals surface area contributed by atoms with Gasteiger partial charge in [0.2, 0.25) is 5.91 Å². The molecular formula is C17H17ClFN3O. The number of nitrogens with one attached hydrogen (secondary N) is 1. The molecule has 3 rings (SSSR count). The molecule has 6 heteroatoms. The molecule has 0 saturated carbocycles. The lowest BCUT2D eigenvalue weighted by Gasteiger charge is -2.20. The Morgan fingerprint density at radius 2 is 2.22 bits per heavy atom. The molecule has 1 aromatic heterocycles. The number of aromatic nitrogens is 1. The van der Waals surface area contributed by atoms with Crippen molar-refractivity contribution in [3.63, 3.8) is 0 Å². The number of rotatable bonds is 4. The van der Waals surface area contributed by atoms with Crippen LogP contribution in [0.2, 0.25) is 5.02 Å². The second kappa shape index (κ2) is 6.64. The molecule has 2 heterocycles. The quantitative estimate of drug-likeness (QED) is 0.933. The maximum Gasteiger partial charge on any atom is 0.244 e. The minimum atomic E-state index is -0.486. The number of anilines is 1. The van der Waals surface area contributed by atoms with Gasteiger partial charge in [0.15, 0.2) is 0 Å². The van der Waals surface area contributed by atoms with Crippen molar-refractivity contribution in [2.24, 2.45) is 0 Å². The lowest BCUT2D eigenvalue weighted by atomic mass is 10.1. The summed E-state index contributed by atoms with van der Waals surface area (Å²) in [6.45, 7) is 2.56. The third-order valence-electron chi connectivity index (χ3n) is 4.00. The van der Waals surface area contributed by atoms with Crippen LogP contribution in [0, 0.1) is 5.82 Å². The zero-order chi connectivity index (χ0) is 16.4. The molecule has 120 valence electrons. The topological polar surface area (TPSA) is 45.2 Å². The van der Waals surface area contributed by atoms with E-state index in [0.717, 1.165) is 5.69 Å². The third kappa shape index (κ3) is 3.35. The van der Waals surface area contributed by atoms with Gasteiger partial charge in [-0.25, -0.2) is 4.39 Å². The number of pyridine rings is 1. The van der Waals surface area contributed by atoms with E-state index in [1.807, 2.05) is 25.1 Å². The Hall–Kier alpha value is -1.98. The molecule has 0 radical (unpaired) electrons. The van der Waals surface area contributed by atoms with Gasteiger partial charge in [0, 0.05) is 24.5 Å². The summed E-state index contributed by atoms with van der Waals surface area (Å²) < 4.78 is 13.3. The molecule has 2 atom stereocenters. The number of carbonyl (C=O) groups is 1. The fourth-order valence-electron chi connectivity index (χ4n) is 2.76. The van der Waals surface area contributed by atoms with Crippen LogP contribution in [0.3, 0.4) is 0 Å². The van der Waals surface area contributed by atoms with E-state index in [4.69, 9.17) is 11.6 Å². The van der Waals surface area contributed by atoms with Crippen molar-refractivity contribution >= 4 is 23.2 Å². The minimum Gasteiger partial charge on any atom is -0.311 e. The van der Waals surface area contributed by atoms with E-state index in [0.29, 0.717) is 18.7 Å². The van der Waals surface area contributed by atoms with Gasteiger partial charge in [-0.15, -0.1) is 0 Å². The maximum absolute atomic E-state index is 13.3. The van der Waals surface area contributed by atoms with Crippen LogP contribution >= 0.6 is 11.6 Å². The zero-order valence-corrected chi connectivity index (χ0v) is 13.4. The van der Waals surface area contributed by atoms with Crippen LogP contribution in [0.25, 0.3) is 0 Å². The first-order valence-electron chi connectivity index (χ1n) is 7.49. The van der Waals surface area contributed by atoms with Crippen LogP contribution < -0.4 is 10.2 Å². The van der Waals surface area contributed by atoms with E-state index < -0.39 is 5.82 Å². The molecule has 1 fully saturated rings. The lowest BCUT2D eigenvalue weighted by molar-refractivity contribution is -0.119. The molecule has 0 bridgehead atoms. The summed E-state index contributed by atoms with van der Waals surface area (Å²) in [6, 6.07) is 9.73. The predicted molar refractivity (Wildman–Crippen MR) is 88.0 cm³/mol. The third-order valence-corrected chi connectivity index (χ3v) is 4.29. The molecule has 0 aliphatic carbocycles. The van der Waals surface area contributed by atoms with Crippen LogP contribution in [0.1, 0.15) is 25.1 Å². The molecule has 0 spiro atoms. The van der Waals surface area contributed by atoms with Gasteiger partial charge >= 0.3 is 0 Å². The van der Waals surface area contributed by atoms with Crippen molar-refractivity contribution in [1.82, 2.24) is 10.3 Å². The lowest BCUT2D eigenvalue weighted by Crippen LogP contribution is -2.39. The van der Waals surface area contributed by atoms with Crippen molar-refractivity contribution < 1.29 is 9.18 Å². The average molecular weight is 334 g/mol. The summed E-state index contributed by atoms with van der Waals surface area (Å²) in [6.07, 6.45) is 2.42. The highest BCUT2D eigenvalue weighted by atomic mass is 35.5. The Labute approximate surface area is 139 Å². The maximum atomic E-state index is 13.3. The Bertz CT molecular complexity index is 710. The molecular weight excluding hydrogens is 317 g/mol. The fraction of sp³-hybridized carbons (Fsp3) is 0.294. The van der Waals surface area contributed by atoms with E-state index in [9.17, 15) is 9.18 Å². The number of benzene rings is 1. The second-order valence-electron chi connectivity index (χ2n) is 5.57. The first-order valence-corrected chi connectivity index (χ1v) is 7.87. The standard InChI is InChI=1S/C17H17ClFN3O/c1-11(15-4-2-3-8-20-15)21-16-7-9-22(17(16)23)12-5-6-14(19)13(18)10-12/h2-6,8,10-11,16,21H,7,9H2,1H3. The number of halogens is 2. The monoisotopic (exact) mass is 333 g/mol. The minimum absolute atomic E-state index is 0.0218. The van der Waals surface area contributed by atoms with Crippen molar-refractivity contribution in [3.05, 3.63) is 59.1 Å². The van der Waals surface area contributed by atoms with E-state index >= 15 is 0 Å². The van der Waals surface area contributed by atoms with E-state index in [-0.39, 0.29) is 23.0 Å². The van der Waals surface area contributed by atoms with Crippen molar-refractivity contribution in [2.75, 3.05) is 11.4 Å². The summed E-state index contributed by atoms with van der Waals surface area (Å²) in [5.41, 5.74) is 1.51. The van der Waals surface area contributed by atoms with Crippen LogP contribution in [-0.2, 0) is 4.79 Å². The van der Waals surface area contributed by atoms with Gasteiger partial charge in [0.05, 0.1) is 16.8 Å². The molecule has 1 aromatic carbocycles. The van der Waals surface area contributed by atoms with Crippen molar-refractivity contribution in [1.29, 1.82) is 0 Å². The summed E-state index contributed by atoms with van der Waals surface area (Å²) in [5, 5.41) is 3.33. The summed E-state index contributed by atoms with van der Waals surface area (Å²) in [4.78, 5) is 18.5. The molecule has 4 nitrogen and oxygen atoms in total. The highest BCUT2D eigenvalue weighted by Gasteiger charge is 2.33. The van der Waals surface area contributed by atoms with Crippen LogP contribution in [0.4, 0.5) is 10.1 Å². The van der Waals surface area contributed by atoms with E-state index in [2.05, 4.69) is 10.3 Å². The highest BCUT2D eigenvalue weighted by Crippen LogP contribution is 2.27. The molecule has 1 amide bonds. The van der Waals surface area contributed by atoms with Crippen LogP contribution in [-0.4, -0.2) is 23.5 Å². The number of hydrogen-bond donors (Lipinski definition) is 1. The second-order valence-corrected chi connectivity index (χ2v) is 5.98. The van der Waals surface area contributed by atoms with Gasteiger partial charge in [-0.1, -0.05) is 17.7 Å². The largest absolute Gasteiger partial charge is 0.311 e. The molecule has 1 aliphatic heterocycles. The van der Waals surface area contributed by atoms with Gasteiger partial charge in [0.25, 0.3) is 0 Å². The number of hydrogen-bond acceptors (Lipinski definition) is 3. The predicted octanol–water partition coefficient (Wildman–Crippen LogP) is 3.33. The molecule has 23 heavy (non-hydrogen) atoms. The number of nitrogens with zero attached hydrogens (tertiary/aromatic N) is 2. The Balaban J connectivity index is 1.70. The normalized spacial score (nSPS) is 19.2. The fourth-order valence-corrected chi connectivity index (χ4v) is 2.94. The van der Waals surface area contributed by atoms with Gasteiger partial charge in [-0.3, -0.25) is 15.1 Å². The SMILES string of the molecule is CC(NC1CCN(c2ccc(F)c(Cl)c2)C1=O)c1ccccn1. The van der Waals surface area contributed by atoms with E-state index in [1.165, 1.54) is 12.1 Å². The van der Waals surface area contributed by atoms with Crippen molar-refractivity contribution in [2.45, 2.75) is 25.4 Å². The smallest absolute Gasteiger partial charge is 0.244 e. The Morgan fingerprint density at radius 3 is 2.91 bits per heavy atom. The summed E-state index contributed by atoms with van der Waals surface area (Å²) in [7, 11) is 0. The zero-order valence-electron chi connectivity index (χ0n) is 12.7. The Morgan fingerprint density at radius 1 is 1.39 bits per heavy atom. The molecule has 1 saturated heterocycles. The van der Waals surface area contributed by atoms with Gasteiger partial charge in [-0.2, -0.15) is 0 Å². The van der Waals surface area contributed by atoms with Crippen LogP contribution in [0.15, 0.2) is 42.6 Å². The average Bonchev–Trinajstić information content (AvgIpc) is 2.92. The first-order chi connectivity index (χ1) is 11.1. The van der Waals surface area contributed by atoms with Crippen LogP contribution in [0.5, 0.6) is 0 Å². The van der Waals surface area contributed by atoms with Gasteiger partial charge in [0.1, 0.15) is 5.82 Å². The van der Waals surface area contributed by atoms with Crippen molar-refractivity contribution in [3.8, 4) is 0 Å². The molecule has 1 aliphatic rings. The van der Waals surface area contributed by atoms with Gasteiger partial charge < -0.3 is 4.90 Å². The first kappa shape index (κ1) is 15.9. The molecule has 1 N–H and O–H groups in total. The van der Waals surface area contributed by atoms with Gasteiger partial charge in [-0.05, 0) is 43.7 Å². The highest BCUT2D eigenvalue weighted by molar-refractivity contribution is 6.31. The Kier molecular flexibility index (Phi) is 4.59. The summed E-state index contributed by atoms with van der Waals surface area (Å²) >= 11 is 5.80. The molecule has 2 aromatic rings. The summed E-state index contributed by atoms with van der Waals surface area (Å²) in [5.74, 6) is -0.518. The van der Waals surface area contributed by atoms with E-state index in [1.54, 1.807) is 17.2 Å². The number of carbonyl (C=O) groups excluding carboxylic acids is 1. The number of amides is 1. The molecule has 2 unspecified atom stereocenters.